The van der Waals surface area contributed by atoms with Crippen LogP contribution in [0.1, 0.15) is 30.4 Å². The Kier molecular flexibility index (Phi) is 6.63. The molecular formula is C19H23NO3. The topological polar surface area (TPSA) is 72.5 Å². The lowest BCUT2D eigenvalue weighted by atomic mass is 10.1. The Hall–Kier alpha value is -2.33. The van der Waals surface area contributed by atoms with E-state index in [4.69, 9.17) is 15.6 Å². The van der Waals surface area contributed by atoms with Gasteiger partial charge in [0, 0.05) is 6.04 Å². The smallest absolute Gasteiger partial charge is 0.304 e. The molecule has 1 atom stereocenters. The lowest BCUT2D eigenvalue weighted by molar-refractivity contribution is -0.137. The molecule has 23 heavy (non-hydrogen) atoms. The van der Waals surface area contributed by atoms with E-state index in [2.05, 4.69) is 24.3 Å². The van der Waals surface area contributed by atoms with Crippen LogP contribution in [0, 0.1) is 0 Å². The molecule has 0 radical (unpaired) electrons. The molecule has 0 bridgehead atoms. The number of nitrogens with two attached hydrogens (primary N) is 1. The second-order valence-electron chi connectivity index (χ2n) is 5.65. The van der Waals surface area contributed by atoms with Crippen molar-refractivity contribution in [1.82, 2.24) is 0 Å². The van der Waals surface area contributed by atoms with E-state index in [9.17, 15) is 4.79 Å². The molecule has 0 aliphatic carbocycles. The number of ether oxygens (including phenoxy) is 1. The summed E-state index contributed by atoms with van der Waals surface area (Å²) in [7, 11) is 0. The molecule has 0 saturated heterocycles. The number of carboxylic acid groups (broad SMARTS) is 1. The molecule has 4 heteroatoms. The monoisotopic (exact) mass is 313 g/mol. The summed E-state index contributed by atoms with van der Waals surface area (Å²) < 4.78 is 5.66. The van der Waals surface area contributed by atoms with Crippen LogP contribution in [-0.4, -0.2) is 23.7 Å². The first-order valence-corrected chi connectivity index (χ1v) is 7.86. The first-order chi connectivity index (χ1) is 11.1. The predicted octanol–water partition coefficient (Wildman–Crippen LogP) is 3.24. The van der Waals surface area contributed by atoms with Crippen LogP contribution in [-0.2, 0) is 11.2 Å². The largest absolute Gasteiger partial charge is 0.494 e. The van der Waals surface area contributed by atoms with Crippen molar-refractivity contribution in [3.63, 3.8) is 0 Å². The highest BCUT2D eigenvalue weighted by molar-refractivity contribution is 5.67. The zero-order valence-electron chi connectivity index (χ0n) is 13.2. The van der Waals surface area contributed by atoms with Crippen LogP contribution >= 0.6 is 0 Å². The Labute approximate surface area is 136 Å². The highest BCUT2D eigenvalue weighted by Gasteiger charge is 2.07. The van der Waals surface area contributed by atoms with E-state index >= 15 is 0 Å². The summed E-state index contributed by atoms with van der Waals surface area (Å²) in [6.07, 6.45) is 2.32. The lowest BCUT2D eigenvalue weighted by Crippen LogP contribution is -2.24. The molecule has 2 aromatic carbocycles. The molecule has 0 amide bonds. The van der Waals surface area contributed by atoms with Crippen LogP contribution in [0.25, 0.3) is 0 Å². The van der Waals surface area contributed by atoms with Gasteiger partial charge in [-0.05, 0) is 42.5 Å². The Bertz CT molecular complexity index is 596. The zero-order valence-corrected chi connectivity index (χ0v) is 13.2. The third-order valence-electron chi connectivity index (χ3n) is 3.60. The fraction of sp³-hybridized carbons (Fsp3) is 0.316. The van der Waals surface area contributed by atoms with Gasteiger partial charge in [0.2, 0.25) is 0 Å². The van der Waals surface area contributed by atoms with E-state index in [1.165, 1.54) is 11.1 Å². The highest BCUT2D eigenvalue weighted by Crippen LogP contribution is 2.15. The zero-order chi connectivity index (χ0) is 16.5. The Morgan fingerprint density at radius 3 is 2.35 bits per heavy atom. The standard InChI is InChI=1S/C19H23NO3/c20-17(14-19(21)22)7-4-12-23-18-10-8-16(9-11-18)13-15-5-2-1-3-6-15/h1-3,5-6,8-11,17H,4,7,12-14,20H2,(H,21,22)/t17-/m0/s1. The maximum absolute atomic E-state index is 10.5. The van der Waals surface area contributed by atoms with Gasteiger partial charge >= 0.3 is 5.97 Å². The number of hydrogen-bond donors (Lipinski definition) is 2. The van der Waals surface area contributed by atoms with Gasteiger partial charge in [-0.25, -0.2) is 0 Å². The number of carbonyl (C=O) groups is 1. The molecule has 0 spiro atoms. The van der Waals surface area contributed by atoms with Gasteiger partial charge in [0.1, 0.15) is 5.75 Å². The average Bonchev–Trinajstić information content (AvgIpc) is 2.53. The van der Waals surface area contributed by atoms with Crippen LogP contribution < -0.4 is 10.5 Å². The van der Waals surface area contributed by atoms with Crippen LogP contribution in [0.3, 0.4) is 0 Å². The number of hydrogen-bond acceptors (Lipinski definition) is 3. The molecule has 0 unspecified atom stereocenters. The fourth-order valence-electron chi connectivity index (χ4n) is 2.40. The summed E-state index contributed by atoms with van der Waals surface area (Å²) in [5.41, 5.74) is 8.24. The fourth-order valence-corrected chi connectivity index (χ4v) is 2.40. The summed E-state index contributed by atoms with van der Waals surface area (Å²) in [5, 5.41) is 8.64. The third kappa shape index (κ3) is 6.53. The Balaban J connectivity index is 1.72. The number of benzene rings is 2. The Morgan fingerprint density at radius 1 is 1.04 bits per heavy atom. The summed E-state index contributed by atoms with van der Waals surface area (Å²) in [6.45, 7) is 0.547. The molecule has 2 aromatic rings. The minimum absolute atomic E-state index is 0.00812. The van der Waals surface area contributed by atoms with Crippen molar-refractivity contribution >= 4 is 5.97 Å². The molecular weight excluding hydrogens is 290 g/mol. The molecule has 4 nitrogen and oxygen atoms in total. The molecule has 2 rings (SSSR count). The summed E-state index contributed by atoms with van der Waals surface area (Å²) >= 11 is 0. The molecule has 0 aliphatic rings. The Morgan fingerprint density at radius 2 is 1.70 bits per heavy atom. The SMILES string of the molecule is N[C@@H](CCCOc1ccc(Cc2ccccc2)cc1)CC(=O)O. The normalized spacial score (nSPS) is 11.9. The van der Waals surface area contributed by atoms with E-state index in [-0.39, 0.29) is 12.5 Å². The van der Waals surface area contributed by atoms with E-state index in [1.54, 1.807) is 0 Å². The molecule has 0 fully saturated rings. The number of rotatable bonds is 9. The van der Waals surface area contributed by atoms with Crippen molar-refractivity contribution in [2.75, 3.05) is 6.61 Å². The minimum Gasteiger partial charge on any atom is -0.494 e. The van der Waals surface area contributed by atoms with Crippen LogP contribution in [0.15, 0.2) is 54.6 Å². The van der Waals surface area contributed by atoms with Crippen LogP contribution in [0.4, 0.5) is 0 Å². The van der Waals surface area contributed by atoms with Gasteiger partial charge in [0.15, 0.2) is 0 Å². The van der Waals surface area contributed by atoms with Crippen molar-refractivity contribution in [3.8, 4) is 5.75 Å². The molecule has 0 aromatic heterocycles. The van der Waals surface area contributed by atoms with Crippen LogP contribution in [0.5, 0.6) is 5.75 Å². The second-order valence-corrected chi connectivity index (χ2v) is 5.65. The minimum atomic E-state index is -0.854. The van der Waals surface area contributed by atoms with Crippen molar-refractivity contribution < 1.29 is 14.6 Å². The van der Waals surface area contributed by atoms with E-state index < -0.39 is 5.97 Å². The second kappa shape index (κ2) is 8.96. The van der Waals surface area contributed by atoms with Gasteiger partial charge in [-0.2, -0.15) is 0 Å². The van der Waals surface area contributed by atoms with Crippen LogP contribution in [0.2, 0.25) is 0 Å². The third-order valence-corrected chi connectivity index (χ3v) is 3.60. The van der Waals surface area contributed by atoms with Gasteiger partial charge in [-0.3, -0.25) is 4.79 Å². The average molecular weight is 313 g/mol. The van der Waals surface area contributed by atoms with E-state index in [1.807, 2.05) is 30.3 Å². The maximum atomic E-state index is 10.5. The number of aliphatic carboxylic acids is 1. The van der Waals surface area contributed by atoms with Crippen molar-refractivity contribution in [1.29, 1.82) is 0 Å². The summed E-state index contributed by atoms with van der Waals surface area (Å²) in [6, 6.07) is 18.1. The summed E-state index contributed by atoms with van der Waals surface area (Å²) in [4.78, 5) is 10.5. The molecule has 0 saturated carbocycles. The molecule has 3 N–H and O–H groups in total. The maximum Gasteiger partial charge on any atom is 0.304 e. The van der Waals surface area contributed by atoms with E-state index in [0.717, 1.165) is 18.6 Å². The van der Waals surface area contributed by atoms with Gasteiger partial charge in [-0.1, -0.05) is 42.5 Å². The molecule has 122 valence electrons. The first kappa shape index (κ1) is 17.0. The quantitative estimate of drug-likeness (QED) is 0.697. The highest BCUT2D eigenvalue weighted by atomic mass is 16.5. The van der Waals surface area contributed by atoms with Gasteiger partial charge in [-0.15, -0.1) is 0 Å². The van der Waals surface area contributed by atoms with Crippen molar-refractivity contribution in [3.05, 3.63) is 65.7 Å². The van der Waals surface area contributed by atoms with Gasteiger partial charge in [0.25, 0.3) is 0 Å². The van der Waals surface area contributed by atoms with Crippen molar-refractivity contribution in [2.24, 2.45) is 5.73 Å². The van der Waals surface area contributed by atoms with E-state index in [0.29, 0.717) is 13.0 Å². The van der Waals surface area contributed by atoms with Gasteiger partial charge < -0.3 is 15.6 Å². The lowest BCUT2D eigenvalue weighted by Gasteiger charge is -2.10. The molecule has 0 aliphatic heterocycles. The first-order valence-electron chi connectivity index (χ1n) is 7.86. The summed E-state index contributed by atoms with van der Waals surface area (Å²) in [5.74, 6) is -0.0268. The predicted molar refractivity (Wildman–Crippen MR) is 90.6 cm³/mol. The molecule has 0 heterocycles. The van der Waals surface area contributed by atoms with Gasteiger partial charge in [0.05, 0.1) is 13.0 Å². The number of carboxylic acids is 1. The van der Waals surface area contributed by atoms with Crippen molar-refractivity contribution in [2.45, 2.75) is 31.7 Å².